The monoisotopic (exact) mass is 489 g/mol. The Bertz CT molecular complexity index is 552. The minimum absolute atomic E-state index is 0. The number of aliphatic hydroxyl groups excluding tert-OH is 2. The summed E-state index contributed by atoms with van der Waals surface area (Å²) >= 11 is 0. The third-order valence-electron chi connectivity index (χ3n) is 2.89. The third-order valence-corrected chi connectivity index (χ3v) is 2.89. The number of carbonyl (C=O) groups is 3. The second kappa shape index (κ2) is 15.5. The van der Waals surface area contributed by atoms with Crippen molar-refractivity contribution < 1.29 is 108 Å². The van der Waals surface area contributed by atoms with Crippen molar-refractivity contribution in [1.29, 1.82) is 0 Å². The van der Waals surface area contributed by atoms with E-state index in [1.807, 2.05) is 6.07 Å². The fourth-order valence-corrected chi connectivity index (χ4v) is 1.45. The summed E-state index contributed by atoms with van der Waals surface area (Å²) in [5.41, 5.74) is 0.788. The van der Waals surface area contributed by atoms with Crippen LogP contribution in [0.1, 0.15) is 25.8 Å². The Hall–Kier alpha value is -0.598. The summed E-state index contributed by atoms with van der Waals surface area (Å²) in [6.45, 7) is 2.88. The van der Waals surface area contributed by atoms with Gasteiger partial charge in [0.2, 0.25) is 0 Å². The number of benzene rings is 1. The van der Waals surface area contributed by atoms with Gasteiger partial charge in [-0.3, -0.25) is 0 Å². The van der Waals surface area contributed by atoms with E-state index in [0.717, 1.165) is 5.56 Å². The quantitative estimate of drug-likeness (QED) is 0.305. The van der Waals surface area contributed by atoms with Gasteiger partial charge in [0.25, 0.3) is 0 Å². The molecule has 0 bridgehead atoms. The van der Waals surface area contributed by atoms with Crippen LogP contribution in [0.5, 0.6) is 0 Å². The van der Waals surface area contributed by atoms with Crippen LogP contribution in [0.3, 0.4) is 0 Å². The molecule has 0 radical (unpaired) electrons. The Labute approximate surface area is 210 Å². The molecule has 0 spiro atoms. The van der Waals surface area contributed by atoms with Gasteiger partial charge < -0.3 is 35.3 Å². The van der Waals surface area contributed by atoms with E-state index in [1.54, 1.807) is 31.2 Å². The second-order valence-electron chi connectivity index (χ2n) is 5.01. The van der Waals surface area contributed by atoms with Crippen LogP contribution in [-0.2, 0) is 20.9 Å². The van der Waals surface area contributed by atoms with Crippen molar-refractivity contribution in [3.63, 3.8) is 0 Å². The molecule has 1 rings (SSSR count). The molecule has 26 heavy (non-hydrogen) atoms. The van der Waals surface area contributed by atoms with Crippen LogP contribution >= 0.6 is 0 Å². The van der Waals surface area contributed by atoms with Crippen molar-refractivity contribution in [3.8, 4) is 0 Å². The van der Waals surface area contributed by atoms with E-state index in [-0.39, 0.29) is 81.9 Å². The molecule has 3 unspecified atom stereocenters. The van der Waals surface area contributed by atoms with Crippen molar-refractivity contribution in [2.45, 2.75) is 45.1 Å². The van der Waals surface area contributed by atoms with Crippen molar-refractivity contribution in [2.24, 2.45) is 0 Å². The topological polar surface area (TPSA) is 156 Å². The third kappa shape index (κ3) is 12.7. The number of carbonyl (C=O) groups excluding carboxylic acids is 2. The SMILES string of the molecule is CC(O)C(NC(=O)OCc1ccccc1)C(=O)O.CCC(O)C(=O)[O-].[Cs+]. The Kier molecular flexibility index (Phi) is 16.4. The average Bonchev–Trinajstić information content (AvgIpc) is 2.57. The minimum atomic E-state index is -1.40. The Morgan fingerprint density at radius 3 is 2.08 bits per heavy atom. The van der Waals surface area contributed by atoms with Gasteiger partial charge in [0.15, 0.2) is 6.04 Å². The van der Waals surface area contributed by atoms with Gasteiger partial charge in [-0.05, 0) is 18.9 Å². The number of aliphatic hydroxyl groups is 2. The molecular formula is C16H22CsNO8. The fraction of sp³-hybridized carbons (Fsp3) is 0.438. The van der Waals surface area contributed by atoms with Crippen LogP contribution < -0.4 is 79.3 Å². The first-order valence-electron chi connectivity index (χ1n) is 7.46. The molecule has 1 aromatic carbocycles. The van der Waals surface area contributed by atoms with E-state index in [2.05, 4.69) is 5.32 Å². The number of aliphatic carboxylic acids is 2. The Morgan fingerprint density at radius 2 is 1.73 bits per heavy atom. The molecule has 0 aliphatic rings. The Morgan fingerprint density at radius 1 is 1.19 bits per heavy atom. The van der Waals surface area contributed by atoms with E-state index in [1.165, 1.54) is 6.92 Å². The molecule has 140 valence electrons. The number of alkyl carbamates (subject to hydrolysis) is 1. The smallest absolute Gasteiger partial charge is 0.547 e. The van der Waals surface area contributed by atoms with E-state index < -0.39 is 36.3 Å². The summed E-state index contributed by atoms with van der Waals surface area (Å²) in [6.07, 6.45) is -3.17. The van der Waals surface area contributed by atoms with Gasteiger partial charge in [0.1, 0.15) is 6.61 Å². The maximum atomic E-state index is 11.3. The normalized spacial score (nSPS) is 12.9. The van der Waals surface area contributed by atoms with Gasteiger partial charge in [-0.25, -0.2) is 9.59 Å². The number of amides is 1. The molecule has 0 aliphatic heterocycles. The zero-order valence-corrected chi connectivity index (χ0v) is 21.2. The van der Waals surface area contributed by atoms with Crippen LogP contribution in [0.4, 0.5) is 4.79 Å². The first-order valence-corrected chi connectivity index (χ1v) is 7.46. The molecule has 1 amide bonds. The Balaban J connectivity index is 0. The number of nitrogens with one attached hydrogen (secondary N) is 1. The van der Waals surface area contributed by atoms with Crippen LogP contribution in [0.15, 0.2) is 30.3 Å². The molecule has 0 fully saturated rings. The summed E-state index contributed by atoms with van der Waals surface area (Å²) in [5.74, 6) is -2.72. The second-order valence-corrected chi connectivity index (χ2v) is 5.01. The number of hydrogen-bond donors (Lipinski definition) is 4. The van der Waals surface area contributed by atoms with Crippen LogP contribution in [-0.4, -0.2) is 51.6 Å². The number of hydrogen-bond acceptors (Lipinski definition) is 7. The number of carboxylic acid groups (broad SMARTS) is 2. The van der Waals surface area contributed by atoms with Crippen LogP contribution in [0.25, 0.3) is 0 Å². The first kappa shape index (κ1) is 27.6. The molecular weight excluding hydrogens is 467 g/mol. The number of carboxylic acids is 2. The summed E-state index contributed by atoms with van der Waals surface area (Å²) in [6, 6.07) is 7.59. The van der Waals surface area contributed by atoms with Crippen LogP contribution in [0.2, 0.25) is 0 Å². The molecule has 9 nitrogen and oxygen atoms in total. The van der Waals surface area contributed by atoms with Crippen LogP contribution in [0, 0.1) is 0 Å². The number of ether oxygens (including phenoxy) is 1. The van der Waals surface area contributed by atoms with Gasteiger partial charge in [0.05, 0.1) is 18.2 Å². The zero-order valence-electron chi connectivity index (χ0n) is 14.9. The number of rotatable bonds is 7. The summed E-state index contributed by atoms with van der Waals surface area (Å²) in [4.78, 5) is 31.6. The van der Waals surface area contributed by atoms with E-state index in [9.17, 15) is 19.5 Å². The molecule has 0 saturated carbocycles. The fourth-order valence-electron chi connectivity index (χ4n) is 1.45. The average molecular weight is 489 g/mol. The molecule has 0 aromatic heterocycles. The molecule has 10 heteroatoms. The van der Waals surface area contributed by atoms with Gasteiger partial charge in [0, 0.05) is 0 Å². The molecule has 0 aliphatic carbocycles. The van der Waals surface area contributed by atoms with Crippen molar-refractivity contribution in [3.05, 3.63) is 35.9 Å². The maximum absolute atomic E-state index is 11.3. The predicted molar refractivity (Wildman–Crippen MR) is 84.2 cm³/mol. The van der Waals surface area contributed by atoms with Gasteiger partial charge in [-0.1, -0.05) is 37.3 Å². The van der Waals surface area contributed by atoms with E-state index in [4.69, 9.17) is 20.1 Å². The van der Waals surface area contributed by atoms with Gasteiger partial charge in [-0.15, -0.1) is 0 Å². The zero-order chi connectivity index (χ0) is 19.4. The molecule has 1 aromatic rings. The summed E-state index contributed by atoms with van der Waals surface area (Å²) < 4.78 is 4.83. The van der Waals surface area contributed by atoms with E-state index >= 15 is 0 Å². The summed E-state index contributed by atoms with van der Waals surface area (Å²) in [7, 11) is 0. The maximum Gasteiger partial charge on any atom is 1.00 e. The largest absolute Gasteiger partial charge is 1.00 e. The molecule has 4 N–H and O–H groups in total. The molecule has 0 heterocycles. The van der Waals surface area contributed by atoms with Crippen molar-refractivity contribution >= 4 is 18.0 Å². The van der Waals surface area contributed by atoms with Crippen molar-refractivity contribution in [2.75, 3.05) is 0 Å². The molecule has 3 atom stereocenters. The van der Waals surface area contributed by atoms with Crippen molar-refractivity contribution in [1.82, 2.24) is 5.32 Å². The van der Waals surface area contributed by atoms with Gasteiger partial charge in [-0.2, -0.15) is 0 Å². The predicted octanol–water partition coefficient (Wildman–Crippen LogP) is -3.74. The summed E-state index contributed by atoms with van der Waals surface area (Å²) in [5, 5.41) is 37.8. The van der Waals surface area contributed by atoms with E-state index in [0.29, 0.717) is 0 Å². The molecule has 0 saturated heterocycles. The minimum Gasteiger partial charge on any atom is -0.547 e. The van der Waals surface area contributed by atoms with Gasteiger partial charge >= 0.3 is 81.0 Å². The standard InChI is InChI=1S/C12H15NO5.C4H8O3.Cs/c1-8(14)10(11(15)16)13-12(17)18-7-9-5-3-2-4-6-9;1-2-3(5)4(6)7;/h2-6,8,10,14H,7H2,1H3,(H,13,17)(H,15,16);3,5H,2H2,1H3,(H,6,7);/q;;+1/p-1. The first-order chi connectivity index (χ1) is 11.7.